The highest BCUT2D eigenvalue weighted by molar-refractivity contribution is 5.96. The molecule has 0 spiro atoms. The number of nitrogens with one attached hydrogen (secondary N) is 1. The van der Waals surface area contributed by atoms with Crippen molar-refractivity contribution in [3.05, 3.63) is 65.7 Å². The largest absolute Gasteiger partial charge is 0.481 e. The number of hydrogen-bond acceptors (Lipinski definition) is 8. The third-order valence-corrected chi connectivity index (χ3v) is 8.03. The van der Waals surface area contributed by atoms with Crippen LogP contribution < -0.4 is 10.1 Å². The number of aliphatic carboxylic acids is 1. The van der Waals surface area contributed by atoms with Crippen LogP contribution in [0.25, 0.3) is 5.69 Å². The second kappa shape index (κ2) is 14.2. The Morgan fingerprint density at radius 3 is 2.37 bits per heavy atom. The van der Waals surface area contributed by atoms with Crippen molar-refractivity contribution in [2.75, 3.05) is 39.3 Å². The number of nitrogens with zero attached hydrogens (tertiary/aromatic N) is 5. The predicted octanol–water partition coefficient (Wildman–Crippen LogP) is 2.30. The van der Waals surface area contributed by atoms with Gasteiger partial charge in [0.15, 0.2) is 12.3 Å². The van der Waals surface area contributed by atoms with Crippen LogP contribution in [-0.2, 0) is 14.4 Å². The number of furan rings is 1. The molecule has 2 aliphatic heterocycles. The lowest BCUT2D eigenvalue weighted by Crippen LogP contribution is -2.55. The Bertz CT molecular complexity index is 1580. The van der Waals surface area contributed by atoms with Crippen LogP contribution in [0.5, 0.6) is 5.88 Å². The zero-order valence-electron chi connectivity index (χ0n) is 25.3. The van der Waals surface area contributed by atoms with E-state index in [1.807, 2.05) is 25.1 Å². The summed E-state index contributed by atoms with van der Waals surface area (Å²) in [5, 5.41) is 25.5. The maximum atomic E-state index is 13.4. The van der Waals surface area contributed by atoms with E-state index < -0.39 is 29.9 Å². The van der Waals surface area contributed by atoms with Crippen molar-refractivity contribution in [1.82, 2.24) is 29.8 Å². The van der Waals surface area contributed by atoms with Crippen LogP contribution in [0.2, 0.25) is 0 Å². The number of piperazine rings is 1. The van der Waals surface area contributed by atoms with Crippen LogP contribution in [0, 0.1) is 6.92 Å². The van der Waals surface area contributed by atoms with Crippen LogP contribution >= 0.6 is 0 Å². The van der Waals surface area contributed by atoms with Crippen molar-refractivity contribution in [2.24, 2.45) is 0 Å². The zero-order chi connectivity index (χ0) is 32.8. The van der Waals surface area contributed by atoms with E-state index in [1.165, 1.54) is 20.5 Å². The molecule has 46 heavy (non-hydrogen) atoms. The number of carbonyl (C=O) groups excluding carboxylic acids is 3. The van der Waals surface area contributed by atoms with Crippen molar-refractivity contribution in [2.45, 2.75) is 44.7 Å². The summed E-state index contributed by atoms with van der Waals surface area (Å²) in [5.74, 6) is -1.07. The first-order chi connectivity index (χ1) is 22.1. The summed E-state index contributed by atoms with van der Waals surface area (Å²) in [4.78, 5) is 66.9. The van der Waals surface area contributed by atoms with Gasteiger partial charge in [-0.3, -0.25) is 19.2 Å². The van der Waals surface area contributed by atoms with Gasteiger partial charge in [-0.15, -0.1) is 0 Å². The Kier molecular flexibility index (Phi) is 9.88. The number of aromatic nitrogens is 2. The lowest BCUT2D eigenvalue weighted by molar-refractivity contribution is -0.138. The molecule has 2 unspecified atom stereocenters. The molecule has 15 nitrogen and oxygen atoms in total. The second-order valence-corrected chi connectivity index (χ2v) is 11.2. The minimum Gasteiger partial charge on any atom is -0.481 e. The summed E-state index contributed by atoms with van der Waals surface area (Å²) in [5.41, 5.74) is 0.448. The van der Waals surface area contributed by atoms with Gasteiger partial charge < -0.3 is 39.4 Å². The molecule has 2 aliphatic rings. The number of carboxylic acids is 1. The van der Waals surface area contributed by atoms with Crippen molar-refractivity contribution in [1.29, 1.82) is 0 Å². The van der Waals surface area contributed by atoms with Crippen molar-refractivity contribution < 1.29 is 43.3 Å². The number of benzene rings is 1. The fourth-order valence-electron chi connectivity index (χ4n) is 5.64. The molecular formula is C31H36N6O9. The van der Waals surface area contributed by atoms with Gasteiger partial charge in [0.05, 0.1) is 11.7 Å². The molecule has 5 rings (SSSR count). The average molecular weight is 637 g/mol. The lowest BCUT2D eigenvalue weighted by Gasteiger charge is -2.35. The maximum Gasteiger partial charge on any atom is 0.407 e. The number of carboxylic acid groups (broad SMARTS) is 2. The van der Waals surface area contributed by atoms with Gasteiger partial charge in [-0.2, -0.15) is 5.10 Å². The number of hydrogen-bond donors (Lipinski definition) is 3. The van der Waals surface area contributed by atoms with E-state index in [2.05, 4.69) is 10.4 Å². The number of amides is 4. The quantitative estimate of drug-likeness (QED) is 0.282. The normalized spacial score (nSPS) is 17.1. The second-order valence-electron chi connectivity index (χ2n) is 11.2. The van der Waals surface area contributed by atoms with E-state index in [0.717, 1.165) is 18.6 Å². The highest BCUT2D eigenvalue weighted by Gasteiger charge is 2.33. The first kappa shape index (κ1) is 32.1. The summed E-state index contributed by atoms with van der Waals surface area (Å²) < 4.78 is 13.1. The van der Waals surface area contributed by atoms with Gasteiger partial charge in [0.25, 0.3) is 11.8 Å². The molecule has 2 saturated heterocycles. The SMILES string of the molecule is Cc1ccc(C2CCCN2C(=O)COc2cc(C(=O)NC(CCC(=O)O)C(=O)N3CCN(C(=O)O)CC3)nn2-c2ccccc2)o1. The predicted molar refractivity (Wildman–Crippen MR) is 160 cm³/mol. The van der Waals surface area contributed by atoms with Crippen molar-refractivity contribution in [3.8, 4) is 11.6 Å². The van der Waals surface area contributed by atoms with Crippen molar-refractivity contribution >= 4 is 29.8 Å². The summed E-state index contributed by atoms with van der Waals surface area (Å²) >= 11 is 0. The Morgan fingerprint density at radius 2 is 1.72 bits per heavy atom. The molecule has 2 aromatic heterocycles. The third kappa shape index (κ3) is 7.47. The molecule has 3 aromatic rings. The molecule has 2 atom stereocenters. The molecule has 244 valence electrons. The Balaban J connectivity index is 1.31. The molecule has 0 bridgehead atoms. The van der Waals surface area contributed by atoms with E-state index in [-0.39, 0.29) is 69.2 Å². The van der Waals surface area contributed by atoms with Gasteiger partial charge in [0, 0.05) is 45.2 Å². The smallest absolute Gasteiger partial charge is 0.407 e. The number of para-hydroxylation sites is 1. The van der Waals surface area contributed by atoms with Crippen LogP contribution in [0.4, 0.5) is 4.79 Å². The molecule has 2 fully saturated rings. The summed E-state index contributed by atoms with van der Waals surface area (Å²) in [6.07, 6.45) is -0.0657. The molecular weight excluding hydrogens is 600 g/mol. The Morgan fingerprint density at radius 1 is 1.00 bits per heavy atom. The molecule has 0 saturated carbocycles. The Labute approximate surface area is 264 Å². The van der Waals surface area contributed by atoms with Crippen LogP contribution in [0.15, 0.2) is 52.9 Å². The minimum absolute atomic E-state index is 0.0981. The van der Waals surface area contributed by atoms with E-state index >= 15 is 0 Å². The van der Waals surface area contributed by atoms with Gasteiger partial charge in [0.2, 0.25) is 11.8 Å². The average Bonchev–Trinajstić information content (AvgIpc) is 3.82. The Hall–Kier alpha value is -5.34. The summed E-state index contributed by atoms with van der Waals surface area (Å²) in [6, 6.07) is 12.5. The van der Waals surface area contributed by atoms with E-state index in [4.69, 9.17) is 9.15 Å². The summed E-state index contributed by atoms with van der Waals surface area (Å²) in [7, 11) is 0. The third-order valence-electron chi connectivity index (χ3n) is 8.03. The van der Waals surface area contributed by atoms with Crippen LogP contribution in [0.3, 0.4) is 0 Å². The van der Waals surface area contributed by atoms with Crippen molar-refractivity contribution in [3.63, 3.8) is 0 Å². The van der Waals surface area contributed by atoms with E-state index in [0.29, 0.717) is 18.0 Å². The first-order valence-corrected chi connectivity index (χ1v) is 15.0. The topological polar surface area (TPSA) is 188 Å². The van der Waals surface area contributed by atoms with Crippen LogP contribution in [0.1, 0.15) is 53.7 Å². The molecule has 0 radical (unpaired) electrons. The first-order valence-electron chi connectivity index (χ1n) is 15.0. The standard InChI is InChI=1S/C31H36N6O9/c1-20-9-11-25(46-20)24-8-5-13-36(24)26(38)19-45-27-18-23(33-37(27)21-6-3-2-4-7-21)29(41)32-22(10-12-28(39)40)30(42)34-14-16-35(17-15-34)31(43)44/h2-4,6-7,9,11,18,22,24H,5,8,10,12-17,19H2,1H3,(H,32,41)(H,39,40)(H,43,44). The zero-order valence-corrected chi connectivity index (χ0v) is 25.3. The number of carbonyl (C=O) groups is 5. The van der Waals surface area contributed by atoms with E-state index in [1.54, 1.807) is 29.2 Å². The van der Waals surface area contributed by atoms with Gasteiger partial charge in [-0.05, 0) is 50.5 Å². The summed E-state index contributed by atoms with van der Waals surface area (Å²) in [6.45, 7) is 2.49. The minimum atomic E-state index is -1.19. The number of likely N-dealkylation sites (tertiary alicyclic amines) is 1. The molecule has 4 amide bonds. The fraction of sp³-hybridized carbons (Fsp3) is 0.419. The van der Waals surface area contributed by atoms with Gasteiger partial charge >= 0.3 is 12.1 Å². The monoisotopic (exact) mass is 636 g/mol. The molecule has 3 N–H and O–H groups in total. The number of rotatable bonds is 11. The van der Waals surface area contributed by atoms with Gasteiger partial charge in [-0.25, -0.2) is 9.48 Å². The molecule has 1 aromatic carbocycles. The number of aryl methyl sites for hydroxylation is 1. The molecule has 4 heterocycles. The molecule has 0 aliphatic carbocycles. The molecule has 15 heteroatoms. The maximum absolute atomic E-state index is 13.4. The van der Waals surface area contributed by atoms with Gasteiger partial charge in [-0.1, -0.05) is 18.2 Å². The fourth-order valence-corrected chi connectivity index (χ4v) is 5.64. The van der Waals surface area contributed by atoms with E-state index in [9.17, 15) is 34.2 Å². The highest BCUT2D eigenvalue weighted by Crippen LogP contribution is 2.33. The number of ether oxygens (including phenoxy) is 1. The van der Waals surface area contributed by atoms with Crippen LogP contribution in [-0.4, -0.2) is 110 Å². The lowest BCUT2D eigenvalue weighted by atomic mass is 10.1. The highest BCUT2D eigenvalue weighted by atomic mass is 16.5. The van der Waals surface area contributed by atoms with Gasteiger partial charge in [0.1, 0.15) is 17.6 Å².